The number of nitrogens with one attached hydrogen (secondary N) is 1. The first-order valence-corrected chi connectivity index (χ1v) is 9.24. The Hall–Kier alpha value is -1.67. The van der Waals surface area contributed by atoms with Gasteiger partial charge in [-0.15, -0.1) is 0 Å². The third-order valence-electron chi connectivity index (χ3n) is 5.22. The predicted molar refractivity (Wildman–Crippen MR) is 94.7 cm³/mol. The Morgan fingerprint density at radius 1 is 1.08 bits per heavy atom. The van der Waals surface area contributed by atoms with E-state index < -0.39 is 0 Å². The Balaban J connectivity index is 1.69. The van der Waals surface area contributed by atoms with Crippen LogP contribution in [0.3, 0.4) is 0 Å². The molecule has 0 aromatic heterocycles. The second-order valence-corrected chi connectivity index (χ2v) is 6.93. The average molecular weight is 353 g/mol. The summed E-state index contributed by atoms with van der Waals surface area (Å²) in [5, 5.41) is 2.49. The van der Waals surface area contributed by atoms with E-state index in [1.165, 1.54) is 19.3 Å². The molecule has 25 heavy (non-hydrogen) atoms. The third kappa shape index (κ3) is 5.97. The summed E-state index contributed by atoms with van der Waals surface area (Å²) in [5.41, 5.74) is 5.20. The molecular weight excluding hydrogens is 322 g/mol. The minimum atomic E-state index is -0.330. The van der Waals surface area contributed by atoms with Gasteiger partial charge in [0, 0.05) is 39.3 Å². The van der Waals surface area contributed by atoms with Crippen LogP contribution in [0.1, 0.15) is 32.1 Å². The van der Waals surface area contributed by atoms with Crippen molar-refractivity contribution in [2.24, 2.45) is 5.73 Å². The Labute approximate surface area is 149 Å². The number of likely N-dealkylation sites (N-methyl/N-ethyl adjacent to an activating group) is 1. The molecule has 0 bridgehead atoms. The zero-order valence-corrected chi connectivity index (χ0v) is 15.2. The highest BCUT2D eigenvalue weighted by atomic mass is 16.2. The quantitative estimate of drug-likeness (QED) is 0.638. The molecule has 1 aliphatic heterocycles. The molecule has 142 valence electrons. The number of hydrogen-bond donors (Lipinski definition) is 2. The third-order valence-corrected chi connectivity index (χ3v) is 5.22. The van der Waals surface area contributed by atoms with Gasteiger partial charge < -0.3 is 20.9 Å². The molecule has 1 aliphatic carbocycles. The fourth-order valence-electron chi connectivity index (χ4n) is 3.49. The maximum Gasteiger partial charge on any atom is 0.242 e. The highest BCUT2D eigenvalue weighted by Crippen LogP contribution is 2.21. The van der Waals surface area contributed by atoms with E-state index in [1.807, 2.05) is 11.9 Å². The molecule has 2 aliphatic rings. The lowest BCUT2D eigenvalue weighted by molar-refractivity contribution is -0.136. The maximum atomic E-state index is 12.5. The number of carbonyl (C=O) groups is 3. The van der Waals surface area contributed by atoms with Crippen LogP contribution in [0, 0.1) is 0 Å². The van der Waals surface area contributed by atoms with E-state index in [0.717, 1.165) is 12.8 Å². The monoisotopic (exact) mass is 353 g/mol. The molecule has 8 nitrogen and oxygen atoms in total. The summed E-state index contributed by atoms with van der Waals surface area (Å²) in [7, 11) is 1.91. The van der Waals surface area contributed by atoms with Crippen LogP contribution in [-0.2, 0) is 14.4 Å². The number of rotatable bonds is 6. The highest BCUT2D eigenvalue weighted by Gasteiger charge is 2.26. The molecule has 1 heterocycles. The van der Waals surface area contributed by atoms with Crippen LogP contribution in [0.25, 0.3) is 0 Å². The van der Waals surface area contributed by atoms with Crippen LogP contribution in [0.4, 0.5) is 0 Å². The summed E-state index contributed by atoms with van der Waals surface area (Å²) >= 11 is 0. The van der Waals surface area contributed by atoms with Crippen LogP contribution in [-0.4, -0.2) is 91.3 Å². The van der Waals surface area contributed by atoms with Gasteiger partial charge in [0.25, 0.3) is 0 Å². The standard InChI is InChI=1S/C17H31N5O3/c1-20(14-5-3-2-4-6-14)17(25)13-21-7-9-22(10-8-21)16(24)12-19-15(23)11-18/h14H,2-13,18H2,1H3,(H,19,23). The van der Waals surface area contributed by atoms with Crippen molar-refractivity contribution in [3.63, 3.8) is 0 Å². The van der Waals surface area contributed by atoms with Crippen LogP contribution in [0.15, 0.2) is 0 Å². The van der Waals surface area contributed by atoms with Gasteiger partial charge in [-0.05, 0) is 12.8 Å². The van der Waals surface area contributed by atoms with Crippen molar-refractivity contribution in [3.8, 4) is 0 Å². The molecule has 0 unspecified atom stereocenters. The lowest BCUT2D eigenvalue weighted by Crippen LogP contribution is -2.53. The van der Waals surface area contributed by atoms with Crippen molar-refractivity contribution in [1.82, 2.24) is 20.0 Å². The Bertz CT molecular complexity index is 471. The number of hydrogen-bond acceptors (Lipinski definition) is 5. The van der Waals surface area contributed by atoms with Gasteiger partial charge in [-0.1, -0.05) is 19.3 Å². The normalized spacial score (nSPS) is 19.5. The van der Waals surface area contributed by atoms with E-state index in [0.29, 0.717) is 38.8 Å². The van der Waals surface area contributed by atoms with E-state index >= 15 is 0 Å². The average Bonchev–Trinajstić information content (AvgIpc) is 2.66. The zero-order valence-electron chi connectivity index (χ0n) is 15.2. The van der Waals surface area contributed by atoms with E-state index in [1.54, 1.807) is 4.90 Å². The summed E-state index contributed by atoms with van der Waals surface area (Å²) in [5.74, 6) is -0.266. The van der Waals surface area contributed by atoms with Gasteiger partial charge in [0.2, 0.25) is 17.7 Å². The first-order valence-electron chi connectivity index (χ1n) is 9.24. The summed E-state index contributed by atoms with van der Waals surface area (Å²) in [6.07, 6.45) is 5.92. The molecule has 0 radical (unpaired) electrons. The first kappa shape index (κ1) is 19.7. The van der Waals surface area contributed by atoms with E-state index in [4.69, 9.17) is 5.73 Å². The smallest absolute Gasteiger partial charge is 0.242 e. The molecule has 0 atom stereocenters. The lowest BCUT2D eigenvalue weighted by atomic mass is 9.94. The van der Waals surface area contributed by atoms with E-state index in [2.05, 4.69) is 10.2 Å². The Morgan fingerprint density at radius 3 is 2.32 bits per heavy atom. The Kier molecular flexibility index (Phi) is 7.64. The second-order valence-electron chi connectivity index (χ2n) is 6.93. The Morgan fingerprint density at radius 2 is 1.72 bits per heavy atom. The fraction of sp³-hybridized carbons (Fsp3) is 0.824. The van der Waals surface area contributed by atoms with Crippen molar-refractivity contribution in [2.45, 2.75) is 38.1 Å². The van der Waals surface area contributed by atoms with Gasteiger partial charge in [-0.25, -0.2) is 0 Å². The zero-order chi connectivity index (χ0) is 18.2. The van der Waals surface area contributed by atoms with E-state index in [9.17, 15) is 14.4 Å². The summed E-state index contributed by atoms with van der Waals surface area (Å²) in [6, 6.07) is 0.385. The molecule has 2 fully saturated rings. The lowest BCUT2D eigenvalue weighted by Gasteiger charge is -2.37. The van der Waals surface area contributed by atoms with Crippen molar-refractivity contribution in [1.29, 1.82) is 0 Å². The SMILES string of the molecule is CN(C(=O)CN1CCN(C(=O)CNC(=O)CN)CC1)C1CCCCC1. The highest BCUT2D eigenvalue weighted by molar-refractivity contribution is 5.85. The number of nitrogens with two attached hydrogens (primary N) is 1. The maximum absolute atomic E-state index is 12.5. The molecule has 0 spiro atoms. The van der Waals surface area contributed by atoms with Crippen molar-refractivity contribution < 1.29 is 14.4 Å². The fourth-order valence-corrected chi connectivity index (χ4v) is 3.49. The molecular formula is C17H31N5O3. The summed E-state index contributed by atoms with van der Waals surface area (Å²) < 4.78 is 0. The molecule has 3 N–H and O–H groups in total. The van der Waals surface area contributed by atoms with Gasteiger partial charge in [0.1, 0.15) is 0 Å². The van der Waals surface area contributed by atoms with Gasteiger partial charge in [0.05, 0.1) is 19.6 Å². The number of nitrogens with zero attached hydrogens (tertiary/aromatic N) is 3. The van der Waals surface area contributed by atoms with Gasteiger partial charge in [-0.3, -0.25) is 19.3 Å². The van der Waals surface area contributed by atoms with Crippen LogP contribution >= 0.6 is 0 Å². The van der Waals surface area contributed by atoms with E-state index in [-0.39, 0.29) is 30.8 Å². The largest absolute Gasteiger partial charge is 0.346 e. The first-order chi connectivity index (χ1) is 12.0. The molecule has 3 amide bonds. The molecule has 2 rings (SSSR count). The second kappa shape index (κ2) is 9.72. The van der Waals surface area contributed by atoms with Crippen LogP contribution in [0.5, 0.6) is 0 Å². The van der Waals surface area contributed by atoms with Crippen molar-refractivity contribution >= 4 is 17.7 Å². The van der Waals surface area contributed by atoms with Gasteiger partial charge in [0.15, 0.2) is 0 Å². The predicted octanol–water partition coefficient (Wildman–Crippen LogP) is -1.00. The van der Waals surface area contributed by atoms with Gasteiger partial charge >= 0.3 is 0 Å². The molecule has 1 saturated carbocycles. The molecule has 1 saturated heterocycles. The van der Waals surface area contributed by atoms with Crippen molar-refractivity contribution in [2.75, 3.05) is 52.9 Å². The van der Waals surface area contributed by atoms with Crippen LogP contribution < -0.4 is 11.1 Å². The minimum Gasteiger partial charge on any atom is -0.346 e. The van der Waals surface area contributed by atoms with Gasteiger partial charge in [-0.2, -0.15) is 0 Å². The number of amides is 3. The van der Waals surface area contributed by atoms with Crippen LogP contribution in [0.2, 0.25) is 0 Å². The number of carbonyl (C=O) groups excluding carboxylic acids is 3. The van der Waals surface area contributed by atoms with Crippen molar-refractivity contribution in [3.05, 3.63) is 0 Å². The topological polar surface area (TPSA) is 99.0 Å². The minimum absolute atomic E-state index is 0.0145. The number of piperazine rings is 1. The molecule has 0 aromatic carbocycles. The summed E-state index contributed by atoms with van der Waals surface area (Å²) in [4.78, 5) is 41.4. The molecule has 8 heteroatoms. The molecule has 0 aromatic rings. The summed E-state index contributed by atoms with van der Waals surface area (Å²) in [6.45, 7) is 2.81.